The summed E-state index contributed by atoms with van der Waals surface area (Å²) in [4.78, 5) is 30.4. The Morgan fingerprint density at radius 1 is 1.00 bits per heavy atom. The Labute approximate surface area is 196 Å². The Hall–Kier alpha value is -3.29. The lowest BCUT2D eigenvalue weighted by atomic mass is 9.95. The Morgan fingerprint density at radius 2 is 1.79 bits per heavy atom. The molecule has 1 aliphatic rings. The lowest BCUT2D eigenvalue weighted by Crippen LogP contribution is -2.22. The number of imide groups is 1. The lowest BCUT2D eigenvalue weighted by Gasteiger charge is -2.06. The van der Waals surface area contributed by atoms with Gasteiger partial charge in [0.1, 0.15) is 0 Å². The van der Waals surface area contributed by atoms with Gasteiger partial charge in [0.15, 0.2) is 0 Å². The van der Waals surface area contributed by atoms with Crippen molar-refractivity contribution >= 4 is 56.5 Å². The van der Waals surface area contributed by atoms with Crippen molar-refractivity contribution in [3.05, 3.63) is 66.0 Å². The van der Waals surface area contributed by atoms with Gasteiger partial charge in [-0.05, 0) is 44.0 Å². The number of hydrogen-bond donors (Lipinski definition) is 3. The fourth-order valence-electron chi connectivity index (χ4n) is 4.58. The number of para-hydroxylation sites is 1. The number of H-pyrrole nitrogens is 1. The van der Waals surface area contributed by atoms with E-state index in [-0.39, 0.29) is 11.8 Å². The minimum atomic E-state index is -0.353. The van der Waals surface area contributed by atoms with Gasteiger partial charge in [0.2, 0.25) is 0 Å². The fraction of sp³-hybridized carbons (Fsp3) is 0.231. The van der Waals surface area contributed by atoms with Crippen molar-refractivity contribution in [1.82, 2.24) is 20.2 Å². The Kier molecular flexibility index (Phi) is 5.83. The van der Waals surface area contributed by atoms with Crippen LogP contribution in [0.15, 0.2) is 59.8 Å². The summed E-state index contributed by atoms with van der Waals surface area (Å²) in [5.74, 6) is -0.700. The molecule has 0 radical (unpaired) electrons. The number of aromatic amines is 1. The summed E-state index contributed by atoms with van der Waals surface area (Å²) < 4.78 is 2.21. The number of benzene rings is 2. The number of nitrogens with zero attached hydrogens (tertiary/aromatic N) is 1. The summed E-state index contributed by atoms with van der Waals surface area (Å²) in [7, 11) is 0. The first-order valence-electron chi connectivity index (χ1n) is 11.2. The van der Waals surface area contributed by atoms with Crippen LogP contribution in [0.1, 0.15) is 24.5 Å². The Balaban J connectivity index is 1.70. The van der Waals surface area contributed by atoms with Crippen LogP contribution in [0.25, 0.3) is 33.0 Å². The first-order valence-corrected chi connectivity index (χ1v) is 12.4. The minimum absolute atomic E-state index is 0.346. The summed E-state index contributed by atoms with van der Waals surface area (Å²) in [5.41, 5.74) is 4.42. The minimum Gasteiger partial charge on any atom is -0.361 e. The van der Waals surface area contributed by atoms with E-state index in [1.165, 1.54) is 0 Å². The predicted molar refractivity (Wildman–Crippen MR) is 135 cm³/mol. The largest absolute Gasteiger partial charge is 0.361 e. The molecule has 0 unspecified atom stereocenters. The third-order valence-corrected chi connectivity index (χ3v) is 6.88. The van der Waals surface area contributed by atoms with Gasteiger partial charge < -0.3 is 14.9 Å². The molecule has 2 amide bonds. The van der Waals surface area contributed by atoms with Crippen LogP contribution in [0.4, 0.5) is 0 Å². The van der Waals surface area contributed by atoms with Gasteiger partial charge in [0, 0.05) is 56.8 Å². The fourth-order valence-corrected chi connectivity index (χ4v) is 5.02. The van der Waals surface area contributed by atoms with Crippen LogP contribution in [0.2, 0.25) is 0 Å². The first kappa shape index (κ1) is 21.6. The number of fused-ring (bicyclic) bond motifs is 2. The summed E-state index contributed by atoms with van der Waals surface area (Å²) >= 11 is 1.69. The average molecular weight is 459 g/mol. The van der Waals surface area contributed by atoms with Gasteiger partial charge >= 0.3 is 0 Å². The van der Waals surface area contributed by atoms with E-state index in [1.807, 2.05) is 36.7 Å². The Morgan fingerprint density at radius 3 is 2.58 bits per heavy atom. The molecule has 0 bridgehead atoms. The molecule has 0 saturated heterocycles. The molecule has 33 heavy (non-hydrogen) atoms. The van der Waals surface area contributed by atoms with E-state index in [0.29, 0.717) is 11.1 Å². The maximum Gasteiger partial charge on any atom is 0.259 e. The zero-order valence-electron chi connectivity index (χ0n) is 18.7. The van der Waals surface area contributed by atoms with Crippen molar-refractivity contribution < 1.29 is 9.59 Å². The maximum absolute atomic E-state index is 13.1. The van der Waals surface area contributed by atoms with E-state index >= 15 is 0 Å². The molecule has 7 heteroatoms. The number of amides is 2. The molecule has 3 heterocycles. The zero-order chi connectivity index (χ0) is 22.9. The van der Waals surface area contributed by atoms with Crippen LogP contribution in [0.5, 0.6) is 0 Å². The highest BCUT2D eigenvalue weighted by molar-refractivity contribution is 7.98. The number of carbonyl (C=O) groups is 2. The summed E-state index contributed by atoms with van der Waals surface area (Å²) in [6, 6.07) is 14.1. The number of rotatable bonds is 8. The number of hydrogen-bond acceptors (Lipinski definition) is 4. The van der Waals surface area contributed by atoms with Gasteiger partial charge in [-0.25, -0.2) is 0 Å². The predicted octanol–water partition coefficient (Wildman–Crippen LogP) is 4.41. The SMILES string of the molecule is CCNCCCn1cc(C2=C(c3c[nH]c4ccccc34)C(=O)NC2=O)c2ccc(SC)cc21. The number of nitrogens with one attached hydrogen (secondary N) is 3. The van der Waals surface area contributed by atoms with Gasteiger partial charge in [-0.15, -0.1) is 11.8 Å². The molecule has 2 aromatic heterocycles. The van der Waals surface area contributed by atoms with Crippen LogP contribution >= 0.6 is 11.8 Å². The maximum atomic E-state index is 13.1. The molecule has 1 aliphatic heterocycles. The number of aryl methyl sites for hydroxylation is 1. The molecule has 0 fully saturated rings. The molecule has 0 atom stereocenters. The first-order chi connectivity index (χ1) is 16.1. The molecular formula is C26H26N4O2S. The van der Waals surface area contributed by atoms with Crippen LogP contribution in [-0.4, -0.2) is 40.7 Å². The van der Waals surface area contributed by atoms with Gasteiger partial charge in [-0.2, -0.15) is 0 Å². The second kappa shape index (κ2) is 8.92. The smallest absolute Gasteiger partial charge is 0.259 e. The van der Waals surface area contributed by atoms with Crippen molar-refractivity contribution in [3.8, 4) is 0 Å². The second-order valence-corrected chi connectivity index (χ2v) is 8.99. The van der Waals surface area contributed by atoms with Gasteiger partial charge in [-0.3, -0.25) is 14.9 Å². The van der Waals surface area contributed by atoms with E-state index in [0.717, 1.165) is 63.9 Å². The van der Waals surface area contributed by atoms with E-state index in [9.17, 15) is 9.59 Å². The van der Waals surface area contributed by atoms with Gasteiger partial charge in [0.25, 0.3) is 11.8 Å². The highest BCUT2D eigenvalue weighted by atomic mass is 32.2. The van der Waals surface area contributed by atoms with Crippen LogP contribution in [0, 0.1) is 0 Å². The second-order valence-electron chi connectivity index (χ2n) is 8.11. The van der Waals surface area contributed by atoms with Crippen LogP contribution < -0.4 is 10.6 Å². The van der Waals surface area contributed by atoms with Crippen molar-refractivity contribution in [2.45, 2.75) is 24.8 Å². The summed E-state index contributed by atoms with van der Waals surface area (Å²) in [6.07, 6.45) is 6.88. The molecule has 6 nitrogen and oxygen atoms in total. The van der Waals surface area contributed by atoms with Crippen LogP contribution in [0.3, 0.4) is 0 Å². The third kappa shape index (κ3) is 3.77. The molecule has 0 aliphatic carbocycles. The Bertz CT molecular complexity index is 1410. The van der Waals surface area contributed by atoms with Crippen molar-refractivity contribution in [1.29, 1.82) is 0 Å². The number of thioether (sulfide) groups is 1. The molecule has 0 spiro atoms. The van der Waals surface area contributed by atoms with Crippen molar-refractivity contribution in [2.75, 3.05) is 19.3 Å². The lowest BCUT2D eigenvalue weighted by molar-refractivity contribution is -0.122. The molecule has 0 saturated carbocycles. The van der Waals surface area contributed by atoms with Crippen molar-refractivity contribution in [2.24, 2.45) is 0 Å². The number of aromatic nitrogens is 2. The molecule has 5 rings (SSSR count). The quantitative estimate of drug-likeness (QED) is 0.208. The molecular weight excluding hydrogens is 432 g/mol. The topological polar surface area (TPSA) is 78.9 Å². The van der Waals surface area contributed by atoms with E-state index in [2.05, 4.69) is 51.6 Å². The van der Waals surface area contributed by atoms with Crippen LogP contribution in [-0.2, 0) is 16.1 Å². The monoisotopic (exact) mass is 458 g/mol. The van der Waals surface area contributed by atoms with Gasteiger partial charge in [-0.1, -0.05) is 31.2 Å². The molecule has 4 aromatic rings. The third-order valence-electron chi connectivity index (χ3n) is 6.15. The van der Waals surface area contributed by atoms with Gasteiger partial charge in [0.05, 0.1) is 11.1 Å². The average Bonchev–Trinajstić information content (AvgIpc) is 3.49. The molecule has 3 N–H and O–H groups in total. The highest BCUT2D eigenvalue weighted by Gasteiger charge is 2.35. The summed E-state index contributed by atoms with van der Waals surface area (Å²) in [6.45, 7) is 4.79. The summed E-state index contributed by atoms with van der Waals surface area (Å²) in [5, 5.41) is 7.81. The molecule has 2 aromatic carbocycles. The highest BCUT2D eigenvalue weighted by Crippen LogP contribution is 2.39. The number of carbonyl (C=O) groups excluding carboxylic acids is 2. The zero-order valence-corrected chi connectivity index (χ0v) is 19.5. The van der Waals surface area contributed by atoms with E-state index < -0.39 is 0 Å². The standard InChI is InChI=1S/C26H26N4O2S/c1-3-27-11-6-12-30-15-20(18-10-9-16(33-2)13-22(18)30)24-23(25(31)29-26(24)32)19-14-28-21-8-5-4-7-17(19)21/h4-5,7-10,13-15,27-28H,3,6,11-12H2,1-2H3,(H,29,31,32). The van der Waals surface area contributed by atoms with E-state index in [4.69, 9.17) is 0 Å². The molecule has 168 valence electrons. The van der Waals surface area contributed by atoms with Crippen molar-refractivity contribution in [3.63, 3.8) is 0 Å². The van der Waals surface area contributed by atoms with E-state index in [1.54, 1.807) is 11.8 Å². The normalized spacial score (nSPS) is 14.1.